The number of carbonyl (C=O) groups is 1. The smallest absolute Gasteiger partial charge is 0.255 e. The van der Waals surface area contributed by atoms with E-state index in [-0.39, 0.29) is 18.1 Å². The molecule has 0 bridgehead atoms. The zero-order valence-electron chi connectivity index (χ0n) is 10.6. The molecule has 0 aromatic carbocycles. The quantitative estimate of drug-likeness (QED) is 0.854. The predicted molar refractivity (Wildman–Crippen MR) is 63.8 cm³/mol. The molecule has 0 unspecified atom stereocenters. The predicted octanol–water partition coefficient (Wildman–Crippen LogP) is 1.03. The standard InChI is InChI=1S/C12H19N3O2/c1-8-10(7-15(3)14-8)12(16)13-9(2)11-5-4-6-17-11/h7,9,11H,4-6H2,1-3H3,(H,13,16)/t9-,11-/m0/s1. The van der Waals surface area contributed by atoms with E-state index in [4.69, 9.17) is 4.74 Å². The van der Waals surface area contributed by atoms with Gasteiger partial charge in [-0.3, -0.25) is 9.48 Å². The van der Waals surface area contributed by atoms with Gasteiger partial charge in [-0.05, 0) is 26.7 Å². The lowest BCUT2D eigenvalue weighted by atomic mass is 10.1. The Bertz CT molecular complexity index is 408. The number of ether oxygens (including phenoxy) is 1. The fourth-order valence-electron chi connectivity index (χ4n) is 2.20. The van der Waals surface area contributed by atoms with Crippen molar-refractivity contribution in [2.45, 2.75) is 38.8 Å². The number of aryl methyl sites for hydroxylation is 2. The van der Waals surface area contributed by atoms with Gasteiger partial charge in [0.15, 0.2) is 0 Å². The van der Waals surface area contributed by atoms with Gasteiger partial charge in [-0.1, -0.05) is 0 Å². The molecule has 0 spiro atoms. The molecule has 1 aromatic rings. The van der Waals surface area contributed by atoms with Crippen LogP contribution in [0.4, 0.5) is 0 Å². The van der Waals surface area contributed by atoms with Crippen molar-refractivity contribution in [3.63, 3.8) is 0 Å². The van der Waals surface area contributed by atoms with Gasteiger partial charge in [-0.25, -0.2) is 0 Å². The highest BCUT2D eigenvalue weighted by Gasteiger charge is 2.24. The van der Waals surface area contributed by atoms with Gasteiger partial charge in [0.2, 0.25) is 0 Å². The minimum atomic E-state index is -0.0707. The van der Waals surface area contributed by atoms with E-state index in [1.54, 1.807) is 10.9 Å². The molecule has 1 fully saturated rings. The average molecular weight is 237 g/mol. The van der Waals surface area contributed by atoms with Crippen LogP contribution in [0.1, 0.15) is 35.8 Å². The van der Waals surface area contributed by atoms with Gasteiger partial charge in [0.25, 0.3) is 5.91 Å². The van der Waals surface area contributed by atoms with Gasteiger partial charge in [-0.15, -0.1) is 0 Å². The molecular formula is C12H19N3O2. The lowest BCUT2D eigenvalue weighted by molar-refractivity contribution is 0.0712. The summed E-state index contributed by atoms with van der Waals surface area (Å²) >= 11 is 0. The molecule has 0 radical (unpaired) electrons. The van der Waals surface area contributed by atoms with Crippen molar-refractivity contribution < 1.29 is 9.53 Å². The van der Waals surface area contributed by atoms with Crippen molar-refractivity contribution in [2.75, 3.05) is 6.61 Å². The summed E-state index contributed by atoms with van der Waals surface area (Å²) in [7, 11) is 1.81. The zero-order valence-corrected chi connectivity index (χ0v) is 10.6. The molecule has 17 heavy (non-hydrogen) atoms. The van der Waals surface area contributed by atoms with E-state index in [1.807, 2.05) is 20.9 Å². The molecule has 94 valence electrons. The van der Waals surface area contributed by atoms with Gasteiger partial charge in [0, 0.05) is 19.9 Å². The van der Waals surface area contributed by atoms with Crippen molar-refractivity contribution in [3.05, 3.63) is 17.5 Å². The van der Waals surface area contributed by atoms with Crippen molar-refractivity contribution in [1.82, 2.24) is 15.1 Å². The molecule has 1 aliphatic rings. The van der Waals surface area contributed by atoms with E-state index in [9.17, 15) is 4.79 Å². The SMILES string of the molecule is Cc1nn(C)cc1C(=O)N[C@@H](C)[C@@H]1CCCO1. The number of hydrogen-bond acceptors (Lipinski definition) is 3. The Labute approximate surface area is 101 Å². The van der Waals surface area contributed by atoms with Crippen LogP contribution in [-0.4, -0.2) is 34.4 Å². The van der Waals surface area contributed by atoms with Gasteiger partial charge >= 0.3 is 0 Å². The third-order valence-electron chi connectivity index (χ3n) is 3.14. The van der Waals surface area contributed by atoms with Crippen LogP contribution in [0.15, 0.2) is 6.20 Å². The summed E-state index contributed by atoms with van der Waals surface area (Å²) in [5.41, 5.74) is 1.39. The highest BCUT2D eigenvalue weighted by molar-refractivity contribution is 5.95. The summed E-state index contributed by atoms with van der Waals surface area (Å²) in [4.78, 5) is 12.0. The number of aromatic nitrogens is 2. The van der Waals surface area contributed by atoms with Crippen LogP contribution in [0, 0.1) is 6.92 Å². The summed E-state index contributed by atoms with van der Waals surface area (Å²) in [6, 6.07) is 0.0459. The molecule has 1 N–H and O–H groups in total. The Hall–Kier alpha value is -1.36. The highest BCUT2D eigenvalue weighted by atomic mass is 16.5. The van der Waals surface area contributed by atoms with Crippen LogP contribution in [-0.2, 0) is 11.8 Å². The van der Waals surface area contributed by atoms with E-state index >= 15 is 0 Å². The molecule has 2 atom stereocenters. The van der Waals surface area contributed by atoms with Crippen LogP contribution < -0.4 is 5.32 Å². The molecule has 1 aromatic heterocycles. The molecule has 0 aliphatic carbocycles. The third-order valence-corrected chi connectivity index (χ3v) is 3.14. The largest absolute Gasteiger partial charge is 0.376 e. The van der Waals surface area contributed by atoms with Crippen LogP contribution in [0.2, 0.25) is 0 Å². The maximum absolute atomic E-state index is 12.0. The molecular weight excluding hydrogens is 218 g/mol. The summed E-state index contributed by atoms with van der Waals surface area (Å²) in [6.07, 6.45) is 3.99. The van der Waals surface area contributed by atoms with Gasteiger partial charge in [0.1, 0.15) is 0 Å². The Kier molecular flexibility index (Phi) is 3.47. The second-order valence-electron chi connectivity index (χ2n) is 4.62. The van der Waals surface area contributed by atoms with E-state index in [1.165, 1.54) is 0 Å². The third kappa shape index (κ3) is 2.66. The Balaban J connectivity index is 1.98. The zero-order chi connectivity index (χ0) is 12.4. The van der Waals surface area contributed by atoms with E-state index in [2.05, 4.69) is 10.4 Å². The first-order chi connectivity index (χ1) is 8.08. The Morgan fingerprint density at radius 2 is 2.47 bits per heavy atom. The number of hydrogen-bond donors (Lipinski definition) is 1. The number of amides is 1. The highest BCUT2D eigenvalue weighted by Crippen LogP contribution is 2.16. The summed E-state index contributed by atoms with van der Waals surface area (Å²) < 4.78 is 7.21. The lowest BCUT2D eigenvalue weighted by Gasteiger charge is -2.19. The molecule has 5 nitrogen and oxygen atoms in total. The van der Waals surface area contributed by atoms with Crippen LogP contribution in [0.3, 0.4) is 0 Å². The van der Waals surface area contributed by atoms with Crippen molar-refractivity contribution >= 4 is 5.91 Å². The lowest BCUT2D eigenvalue weighted by Crippen LogP contribution is -2.40. The fourth-order valence-corrected chi connectivity index (χ4v) is 2.20. The molecule has 5 heteroatoms. The minimum absolute atomic E-state index is 0.0459. The maximum Gasteiger partial charge on any atom is 0.255 e. The average Bonchev–Trinajstić information content (AvgIpc) is 2.87. The summed E-state index contributed by atoms with van der Waals surface area (Å²) in [6.45, 7) is 4.63. The second kappa shape index (κ2) is 4.87. The molecule has 1 aliphatic heterocycles. The number of nitrogens with zero attached hydrogens (tertiary/aromatic N) is 2. The number of carbonyl (C=O) groups excluding carboxylic acids is 1. The molecule has 2 heterocycles. The number of nitrogens with one attached hydrogen (secondary N) is 1. The maximum atomic E-state index is 12.0. The van der Waals surface area contributed by atoms with Crippen molar-refractivity contribution in [3.8, 4) is 0 Å². The first kappa shape index (κ1) is 12.1. The van der Waals surface area contributed by atoms with Crippen LogP contribution in [0.25, 0.3) is 0 Å². The van der Waals surface area contributed by atoms with Crippen molar-refractivity contribution in [2.24, 2.45) is 7.05 Å². The van der Waals surface area contributed by atoms with Gasteiger partial charge in [0.05, 0.1) is 23.4 Å². The van der Waals surface area contributed by atoms with E-state index < -0.39 is 0 Å². The summed E-state index contributed by atoms with van der Waals surface area (Å²) in [5.74, 6) is -0.0707. The van der Waals surface area contributed by atoms with Crippen LogP contribution in [0.5, 0.6) is 0 Å². The Morgan fingerprint density at radius 1 is 1.71 bits per heavy atom. The molecule has 2 rings (SSSR count). The minimum Gasteiger partial charge on any atom is -0.376 e. The first-order valence-electron chi connectivity index (χ1n) is 6.00. The molecule has 0 saturated carbocycles. The topological polar surface area (TPSA) is 56.2 Å². The fraction of sp³-hybridized carbons (Fsp3) is 0.667. The first-order valence-corrected chi connectivity index (χ1v) is 6.00. The number of rotatable bonds is 3. The monoisotopic (exact) mass is 237 g/mol. The van der Waals surface area contributed by atoms with Crippen LogP contribution >= 0.6 is 0 Å². The van der Waals surface area contributed by atoms with Gasteiger partial charge < -0.3 is 10.1 Å². The Morgan fingerprint density at radius 3 is 3.00 bits per heavy atom. The second-order valence-corrected chi connectivity index (χ2v) is 4.62. The van der Waals surface area contributed by atoms with E-state index in [0.29, 0.717) is 5.56 Å². The summed E-state index contributed by atoms with van der Waals surface area (Å²) in [5, 5.41) is 7.14. The van der Waals surface area contributed by atoms with Gasteiger partial charge in [-0.2, -0.15) is 5.10 Å². The van der Waals surface area contributed by atoms with Crippen molar-refractivity contribution in [1.29, 1.82) is 0 Å². The normalized spacial score (nSPS) is 21.5. The molecule has 1 saturated heterocycles. The molecule has 1 amide bonds. The van der Waals surface area contributed by atoms with E-state index in [0.717, 1.165) is 25.1 Å².